The number of benzene rings is 1. The minimum absolute atomic E-state index is 0. The van der Waals surface area contributed by atoms with Crippen molar-refractivity contribution in [3.63, 3.8) is 0 Å². The van der Waals surface area contributed by atoms with Crippen LogP contribution in [0.5, 0.6) is 0 Å². The van der Waals surface area contributed by atoms with E-state index in [-0.39, 0.29) is 21.7 Å². The first-order valence-electron chi connectivity index (χ1n) is 6.90. The Balaban J connectivity index is 0.00000180. The van der Waals surface area contributed by atoms with Crippen LogP contribution >= 0.6 is 0 Å². The smallest absolute Gasteiger partial charge is 0 e. The minimum atomic E-state index is 0. The summed E-state index contributed by atoms with van der Waals surface area (Å²) in [5.41, 5.74) is 5.56. The summed E-state index contributed by atoms with van der Waals surface area (Å²) in [6.07, 6.45) is 8.08. The van der Waals surface area contributed by atoms with Crippen LogP contribution in [0.2, 0.25) is 0 Å². The molecule has 2 heteroatoms. The van der Waals surface area contributed by atoms with Gasteiger partial charge in [0.2, 0.25) is 0 Å². The average Bonchev–Trinajstić information content (AvgIpc) is 2.82. The Morgan fingerprint density at radius 3 is 2.68 bits per heavy atom. The van der Waals surface area contributed by atoms with Crippen LogP contribution in [0.25, 0.3) is 10.9 Å². The van der Waals surface area contributed by atoms with Crippen molar-refractivity contribution in [2.24, 2.45) is 0 Å². The number of allylic oxidation sites excluding steroid dienone is 4. The van der Waals surface area contributed by atoms with Gasteiger partial charge in [0.25, 0.3) is 0 Å². The van der Waals surface area contributed by atoms with Crippen molar-refractivity contribution in [1.82, 2.24) is 0 Å². The van der Waals surface area contributed by atoms with Crippen LogP contribution in [0.15, 0.2) is 42.0 Å². The number of rotatable bonds is 6. The summed E-state index contributed by atoms with van der Waals surface area (Å²) in [4.78, 5) is 0. The number of hydrogen-bond donors (Lipinski definition) is 0. The Bertz CT molecular complexity index is 460. The summed E-state index contributed by atoms with van der Waals surface area (Å²) < 4.78 is 0. The van der Waals surface area contributed by atoms with Crippen molar-refractivity contribution in [1.29, 1.82) is 0 Å². The van der Waals surface area contributed by atoms with Crippen LogP contribution in [0, 0.1) is 0 Å². The maximum Gasteiger partial charge on any atom is 0 e. The molecule has 0 saturated carbocycles. The average molecular weight is 288 g/mol. The predicted molar refractivity (Wildman–Crippen MR) is 79.6 cm³/mol. The Morgan fingerprint density at radius 1 is 1.21 bits per heavy atom. The number of hydrogen-bond acceptors (Lipinski definition) is 0. The molecule has 100 valence electrons. The van der Waals surface area contributed by atoms with Crippen LogP contribution in [0.3, 0.4) is 0 Å². The Morgan fingerprint density at radius 2 is 2.00 bits per heavy atom. The van der Waals surface area contributed by atoms with Gasteiger partial charge in [0.05, 0.1) is 0 Å². The second-order valence-electron chi connectivity index (χ2n) is 4.94. The zero-order valence-corrected chi connectivity index (χ0v) is 13.5. The van der Waals surface area contributed by atoms with Gasteiger partial charge in [-0.05, 0) is 24.5 Å². The first-order chi connectivity index (χ1) is 8.81. The van der Waals surface area contributed by atoms with E-state index in [4.69, 9.17) is 0 Å². The summed E-state index contributed by atoms with van der Waals surface area (Å²) in [5, 5.41) is 4.64. The van der Waals surface area contributed by atoms with Crippen molar-refractivity contribution in [3.8, 4) is 0 Å². The second-order valence-corrected chi connectivity index (χ2v) is 4.94. The van der Waals surface area contributed by atoms with Crippen molar-refractivity contribution in [2.75, 3.05) is 6.54 Å². The summed E-state index contributed by atoms with van der Waals surface area (Å²) in [7, 11) is 0. The van der Waals surface area contributed by atoms with Gasteiger partial charge in [-0.1, -0.05) is 67.3 Å². The predicted octanol–water partition coefficient (Wildman–Crippen LogP) is 5.09. The third-order valence-electron chi connectivity index (χ3n) is 3.36. The first-order valence-corrected chi connectivity index (χ1v) is 6.90. The molecule has 1 aliphatic rings. The number of nitrogens with zero attached hydrogens (tertiary/aromatic N) is 1. The Labute approximate surface area is 132 Å². The standard InChI is InChI=1S/C17H22N.Ti/c1-3-4-11-18-13-16-7-5-6-8-17(16)15-10-9-14(2)12-15;/h5-9,12H,3-4,10-11,13H2,1-2H3;/q-1;. The molecule has 0 saturated heterocycles. The van der Waals surface area contributed by atoms with Crippen LogP contribution in [0.1, 0.15) is 44.2 Å². The van der Waals surface area contributed by atoms with Crippen LogP contribution in [-0.4, -0.2) is 6.54 Å². The molecule has 0 heterocycles. The van der Waals surface area contributed by atoms with Gasteiger partial charge in [-0.2, -0.15) is 0 Å². The topological polar surface area (TPSA) is 14.1 Å². The van der Waals surface area contributed by atoms with Gasteiger partial charge >= 0.3 is 0 Å². The van der Waals surface area contributed by atoms with E-state index in [1.165, 1.54) is 35.1 Å². The largest absolute Gasteiger partial charge is 0.658 e. The molecule has 2 rings (SSSR count). The van der Waals surface area contributed by atoms with Gasteiger partial charge in [0.15, 0.2) is 0 Å². The summed E-state index contributed by atoms with van der Waals surface area (Å²) in [5.74, 6) is 0. The normalized spacial score (nSPS) is 13.8. The maximum atomic E-state index is 4.64. The van der Waals surface area contributed by atoms with E-state index < -0.39 is 0 Å². The second kappa shape index (κ2) is 8.53. The van der Waals surface area contributed by atoms with Crippen LogP contribution < -0.4 is 0 Å². The SMILES string of the molecule is CCCC[N-]Cc1ccccc1C1=CC(C)=CC1.[Ti]. The molecule has 1 aromatic rings. The molecule has 1 aromatic carbocycles. The van der Waals surface area contributed by atoms with Gasteiger partial charge < -0.3 is 5.32 Å². The molecule has 0 N–H and O–H groups in total. The van der Waals surface area contributed by atoms with Crippen LogP contribution in [-0.2, 0) is 28.3 Å². The van der Waals surface area contributed by atoms with E-state index in [1.54, 1.807) is 0 Å². The van der Waals surface area contributed by atoms with E-state index in [0.29, 0.717) is 0 Å². The molecular weight excluding hydrogens is 266 g/mol. The summed E-state index contributed by atoms with van der Waals surface area (Å²) in [6, 6.07) is 8.67. The van der Waals surface area contributed by atoms with Crippen molar-refractivity contribution >= 4 is 5.57 Å². The van der Waals surface area contributed by atoms with E-state index >= 15 is 0 Å². The Hall–Kier alpha value is -0.626. The number of unbranched alkanes of at least 4 members (excludes halogenated alkanes) is 1. The fraction of sp³-hybridized carbons (Fsp3) is 0.412. The summed E-state index contributed by atoms with van der Waals surface area (Å²) >= 11 is 0. The van der Waals surface area contributed by atoms with Crippen molar-refractivity contribution in [3.05, 3.63) is 58.4 Å². The van der Waals surface area contributed by atoms with E-state index in [2.05, 4.69) is 55.6 Å². The van der Waals surface area contributed by atoms with Gasteiger partial charge in [-0.15, -0.1) is 13.1 Å². The Kier molecular flexibility index (Phi) is 7.37. The molecule has 0 spiro atoms. The van der Waals surface area contributed by atoms with Gasteiger partial charge in [0, 0.05) is 21.7 Å². The third kappa shape index (κ3) is 4.76. The van der Waals surface area contributed by atoms with Crippen LogP contribution in [0.4, 0.5) is 0 Å². The maximum absolute atomic E-state index is 4.64. The molecule has 1 aliphatic carbocycles. The molecule has 0 radical (unpaired) electrons. The molecule has 0 aromatic heterocycles. The quantitative estimate of drug-likeness (QED) is 0.511. The van der Waals surface area contributed by atoms with Gasteiger partial charge in [-0.25, -0.2) is 0 Å². The van der Waals surface area contributed by atoms with E-state index in [1.807, 2.05) is 0 Å². The molecule has 0 aliphatic heterocycles. The molecule has 0 amide bonds. The van der Waals surface area contributed by atoms with Crippen molar-refractivity contribution < 1.29 is 21.7 Å². The van der Waals surface area contributed by atoms with Crippen molar-refractivity contribution in [2.45, 2.75) is 39.7 Å². The zero-order valence-electron chi connectivity index (χ0n) is 11.9. The monoisotopic (exact) mass is 288 g/mol. The fourth-order valence-electron chi connectivity index (χ4n) is 2.29. The molecule has 19 heavy (non-hydrogen) atoms. The first kappa shape index (κ1) is 16.4. The molecule has 0 unspecified atom stereocenters. The molecule has 0 atom stereocenters. The summed E-state index contributed by atoms with van der Waals surface area (Å²) in [6.45, 7) is 6.22. The zero-order chi connectivity index (χ0) is 12.8. The van der Waals surface area contributed by atoms with Gasteiger partial charge in [-0.3, -0.25) is 0 Å². The molecule has 0 bridgehead atoms. The van der Waals surface area contributed by atoms with E-state index in [9.17, 15) is 0 Å². The molecular formula is C17H22NTi-. The molecule has 0 fully saturated rings. The molecule has 1 nitrogen and oxygen atoms in total. The van der Waals surface area contributed by atoms with Gasteiger partial charge in [0.1, 0.15) is 0 Å². The van der Waals surface area contributed by atoms with E-state index in [0.717, 1.165) is 19.5 Å². The third-order valence-corrected chi connectivity index (χ3v) is 3.36. The fourth-order valence-corrected chi connectivity index (χ4v) is 2.29. The minimum Gasteiger partial charge on any atom is -0.658 e.